The second-order valence-electron chi connectivity index (χ2n) is 5.23. The van der Waals surface area contributed by atoms with Crippen molar-refractivity contribution in [3.63, 3.8) is 0 Å². The first-order chi connectivity index (χ1) is 11.9. The summed E-state index contributed by atoms with van der Waals surface area (Å²) in [4.78, 5) is 20.1. The van der Waals surface area contributed by atoms with Crippen molar-refractivity contribution in [2.24, 2.45) is 0 Å². The average Bonchev–Trinajstić information content (AvgIpc) is 2.97. The van der Waals surface area contributed by atoms with Crippen LogP contribution in [-0.4, -0.2) is 34.9 Å². The number of halogens is 1. The van der Waals surface area contributed by atoms with E-state index in [1.54, 1.807) is 19.1 Å². The quantitative estimate of drug-likeness (QED) is 0.511. The minimum Gasteiger partial charge on any atom is -0.461 e. The van der Waals surface area contributed by atoms with Crippen LogP contribution >= 0.6 is 11.6 Å². The van der Waals surface area contributed by atoms with E-state index in [9.17, 15) is 13.2 Å². The highest BCUT2D eigenvalue weighted by molar-refractivity contribution is 7.90. The lowest BCUT2D eigenvalue weighted by atomic mass is 10.2. The molecule has 130 valence electrons. The largest absolute Gasteiger partial charge is 0.461 e. The van der Waals surface area contributed by atoms with E-state index in [4.69, 9.17) is 16.3 Å². The number of benzene rings is 1. The molecule has 0 saturated carbocycles. The van der Waals surface area contributed by atoms with Crippen LogP contribution < -0.4 is 0 Å². The summed E-state index contributed by atoms with van der Waals surface area (Å²) in [6.45, 7) is 3.58. The van der Waals surface area contributed by atoms with Crippen LogP contribution in [0.4, 0.5) is 0 Å². The van der Waals surface area contributed by atoms with Gasteiger partial charge >= 0.3 is 5.97 Å². The number of carbonyl (C=O) groups is 1. The van der Waals surface area contributed by atoms with Crippen molar-refractivity contribution in [2.75, 3.05) is 6.61 Å². The molecular formula is C16H14ClN3O4S. The molecule has 0 amide bonds. The fraction of sp³-hybridized carbons (Fsp3) is 0.188. The van der Waals surface area contributed by atoms with Crippen LogP contribution in [0, 0.1) is 6.92 Å². The summed E-state index contributed by atoms with van der Waals surface area (Å²) in [5.41, 5.74) is 0.995. The highest BCUT2D eigenvalue weighted by Crippen LogP contribution is 2.29. The summed E-state index contributed by atoms with van der Waals surface area (Å²) < 4.78 is 32.1. The molecule has 3 rings (SSSR count). The molecule has 0 bridgehead atoms. The zero-order chi connectivity index (χ0) is 18.2. The normalized spacial score (nSPS) is 11.6. The molecule has 25 heavy (non-hydrogen) atoms. The molecule has 1 aromatic carbocycles. The van der Waals surface area contributed by atoms with E-state index in [2.05, 4.69) is 9.97 Å². The summed E-state index contributed by atoms with van der Waals surface area (Å²) in [5, 5.41) is -0.0729. The Morgan fingerprint density at radius 3 is 2.56 bits per heavy atom. The second-order valence-corrected chi connectivity index (χ2v) is 7.38. The summed E-state index contributed by atoms with van der Waals surface area (Å²) in [6, 6.07) is 7.58. The Bertz CT molecular complexity index is 1060. The Labute approximate surface area is 149 Å². The van der Waals surface area contributed by atoms with Crippen molar-refractivity contribution in [3.8, 4) is 0 Å². The van der Waals surface area contributed by atoms with Gasteiger partial charge in [0.2, 0.25) is 0 Å². The van der Waals surface area contributed by atoms with Gasteiger partial charge in [-0.2, -0.15) is 0 Å². The lowest BCUT2D eigenvalue weighted by molar-refractivity contribution is 0.0518. The van der Waals surface area contributed by atoms with Gasteiger partial charge < -0.3 is 4.74 Å². The van der Waals surface area contributed by atoms with Crippen LogP contribution in [0.5, 0.6) is 0 Å². The maximum atomic E-state index is 13.1. The predicted octanol–water partition coefficient (Wildman–Crippen LogP) is 2.81. The first-order valence-corrected chi connectivity index (χ1v) is 9.19. The zero-order valence-electron chi connectivity index (χ0n) is 13.4. The lowest BCUT2D eigenvalue weighted by Crippen LogP contribution is -2.20. The van der Waals surface area contributed by atoms with Gasteiger partial charge in [-0.3, -0.25) is 0 Å². The number of fused-ring (bicyclic) bond motifs is 1. The number of hydrogen-bond donors (Lipinski definition) is 0. The Morgan fingerprint density at radius 1 is 1.24 bits per heavy atom. The number of nitrogens with zero attached hydrogens (tertiary/aromatic N) is 3. The predicted molar refractivity (Wildman–Crippen MR) is 92.3 cm³/mol. The third kappa shape index (κ3) is 2.98. The topological polar surface area (TPSA) is 91.2 Å². The van der Waals surface area contributed by atoms with Crippen LogP contribution in [0.25, 0.3) is 11.0 Å². The van der Waals surface area contributed by atoms with Crippen LogP contribution in [0.2, 0.25) is 5.15 Å². The molecule has 0 aliphatic heterocycles. The molecule has 0 spiro atoms. The van der Waals surface area contributed by atoms with Gasteiger partial charge in [0.1, 0.15) is 17.5 Å². The van der Waals surface area contributed by atoms with Gasteiger partial charge in [-0.15, -0.1) is 0 Å². The van der Waals surface area contributed by atoms with E-state index >= 15 is 0 Å². The maximum Gasteiger partial charge on any atom is 0.356 e. The van der Waals surface area contributed by atoms with Gasteiger partial charge in [0.25, 0.3) is 10.0 Å². The van der Waals surface area contributed by atoms with Crippen molar-refractivity contribution >= 4 is 38.6 Å². The van der Waals surface area contributed by atoms with Crippen LogP contribution in [-0.2, 0) is 14.8 Å². The number of aryl methyl sites for hydroxylation is 1. The van der Waals surface area contributed by atoms with Gasteiger partial charge in [0.05, 0.1) is 17.0 Å². The van der Waals surface area contributed by atoms with Gasteiger partial charge in [-0.05, 0) is 32.0 Å². The highest BCUT2D eigenvalue weighted by Gasteiger charge is 2.29. The van der Waals surface area contributed by atoms with Crippen molar-refractivity contribution < 1.29 is 17.9 Å². The van der Waals surface area contributed by atoms with E-state index in [0.29, 0.717) is 0 Å². The average molecular weight is 380 g/mol. The van der Waals surface area contributed by atoms with Crippen LogP contribution in [0.1, 0.15) is 23.0 Å². The number of ether oxygens (including phenoxy) is 1. The second kappa shape index (κ2) is 6.45. The SMILES string of the molecule is CCOC(=O)c1cc2ncnc(Cl)c2n1S(=O)(=O)c1ccc(C)cc1. The van der Waals surface area contributed by atoms with Gasteiger partial charge in [0.15, 0.2) is 5.15 Å². The van der Waals surface area contributed by atoms with Crippen molar-refractivity contribution in [1.29, 1.82) is 0 Å². The van der Waals surface area contributed by atoms with Crippen LogP contribution in [0.3, 0.4) is 0 Å². The third-order valence-electron chi connectivity index (χ3n) is 3.55. The minimum atomic E-state index is -4.10. The van der Waals surface area contributed by atoms with E-state index < -0.39 is 16.0 Å². The summed E-state index contributed by atoms with van der Waals surface area (Å²) in [6.07, 6.45) is 1.20. The van der Waals surface area contributed by atoms with Crippen molar-refractivity contribution in [3.05, 3.63) is 53.1 Å². The minimum absolute atomic E-state index is 0.0149. The summed E-state index contributed by atoms with van der Waals surface area (Å²) in [5.74, 6) is -0.785. The molecule has 2 heterocycles. The van der Waals surface area contributed by atoms with E-state index in [1.165, 1.54) is 24.5 Å². The molecule has 0 unspecified atom stereocenters. The molecule has 9 heteroatoms. The van der Waals surface area contributed by atoms with Crippen molar-refractivity contribution in [2.45, 2.75) is 18.7 Å². The number of carbonyl (C=O) groups excluding carboxylic acids is 1. The Balaban J connectivity index is 2.34. The summed E-state index contributed by atoms with van der Waals surface area (Å²) >= 11 is 6.09. The summed E-state index contributed by atoms with van der Waals surface area (Å²) in [7, 11) is -4.10. The molecule has 0 fully saturated rings. The van der Waals surface area contributed by atoms with Crippen LogP contribution in [0.15, 0.2) is 41.6 Å². The number of esters is 1. The molecule has 0 saturated heterocycles. The molecule has 7 nitrogen and oxygen atoms in total. The van der Waals surface area contributed by atoms with Gasteiger partial charge in [0, 0.05) is 0 Å². The molecule has 0 atom stereocenters. The number of aromatic nitrogens is 3. The maximum absolute atomic E-state index is 13.1. The van der Waals surface area contributed by atoms with E-state index in [1.807, 2.05) is 6.92 Å². The number of rotatable bonds is 4. The van der Waals surface area contributed by atoms with Gasteiger partial charge in [-0.1, -0.05) is 29.3 Å². The molecule has 0 radical (unpaired) electrons. The zero-order valence-corrected chi connectivity index (χ0v) is 15.0. The standard InChI is InChI=1S/C16H14ClN3O4S/c1-3-24-16(21)13-8-12-14(15(17)19-9-18-12)20(13)25(22,23)11-6-4-10(2)5-7-11/h4-9H,3H2,1-2H3. The lowest BCUT2D eigenvalue weighted by Gasteiger charge is -2.11. The Morgan fingerprint density at radius 2 is 1.92 bits per heavy atom. The Hall–Kier alpha value is -2.45. The Kier molecular flexibility index (Phi) is 4.49. The third-order valence-corrected chi connectivity index (χ3v) is 5.55. The monoisotopic (exact) mass is 379 g/mol. The number of hydrogen-bond acceptors (Lipinski definition) is 6. The van der Waals surface area contributed by atoms with Gasteiger partial charge in [-0.25, -0.2) is 27.2 Å². The van der Waals surface area contributed by atoms with Crippen molar-refractivity contribution in [1.82, 2.24) is 13.9 Å². The fourth-order valence-electron chi connectivity index (χ4n) is 2.38. The fourth-order valence-corrected chi connectivity index (χ4v) is 4.16. The van der Waals surface area contributed by atoms with E-state index in [-0.39, 0.29) is 33.4 Å². The van der Waals surface area contributed by atoms with E-state index in [0.717, 1.165) is 9.54 Å². The molecular weight excluding hydrogens is 366 g/mol. The molecule has 2 aromatic heterocycles. The molecule has 0 aliphatic carbocycles. The molecule has 3 aromatic rings. The first kappa shape index (κ1) is 17.4. The smallest absolute Gasteiger partial charge is 0.356 e. The molecule has 0 aliphatic rings. The molecule has 0 N–H and O–H groups in total. The highest BCUT2D eigenvalue weighted by atomic mass is 35.5. The first-order valence-electron chi connectivity index (χ1n) is 7.37.